The summed E-state index contributed by atoms with van der Waals surface area (Å²) in [7, 11) is 0. The van der Waals surface area contributed by atoms with Crippen LogP contribution in [0.25, 0.3) is 5.57 Å². The molecule has 2 aromatic rings. The summed E-state index contributed by atoms with van der Waals surface area (Å²) in [5.74, 6) is 0.648. The van der Waals surface area contributed by atoms with Crippen LogP contribution < -0.4 is 24.8 Å². The van der Waals surface area contributed by atoms with E-state index in [2.05, 4.69) is 105 Å². The predicted octanol–water partition coefficient (Wildman–Crippen LogP) is 2.54. The van der Waals surface area contributed by atoms with Gasteiger partial charge in [0.25, 0.3) is 0 Å². The van der Waals surface area contributed by atoms with E-state index >= 15 is 0 Å². The molecule has 2 aromatic carbocycles. The number of allylic oxidation sites excluding steroid dienone is 5. The zero-order valence-corrected chi connectivity index (χ0v) is 27.3. The fourth-order valence-electron chi connectivity index (χ4n) is 6.04. The Morgan fingerprint density at radius 2 is 1.29 bits per heavy atom. The van der Waals surface area contributed by atoms with Gasteiger partial charge in [-0.2, -0.15) is 0 Å². The number of hydrogen-bond donors (Lipinski definition) is 0. The van der Waals surface area contributed by atoms with Gasteiger partial charge in [0, 0.05) is 0 Å². The van der Waals surface area contributed by atoms with Crippen molar-refractivity contribution in [3.8, 4) is 0 Å². The van der Waals surface area contributed by atoms with E-state index in [1.165, 1.54) is 27.8 Å². The zero-order valence-electron chi connectivity index (χ0n) is 22.4. The van der Waals surface area contributed by atoms with E-state index in [0.717, 1.165) is 0 Å². The maximum absolute atomic E-state index is 2.74. The van der Waals surface area contributed by atoms with Gasteiger partial charge in [0.2, 0.25) is 0 Å². The number of fused-ring (bicyclic) bond motifs is 1. The molecule has 0 aromatic heterocycles. The Bertz CT molecular complexity index is 1260. The monoisotopic (exact) mass is 586 g/mol. The molecule has 0 aliphatic heterocycles. The van der Waals surface area contributed by atoms with Gasteiger partial charge < -0.3 is 24.8 Å². The topological polar surface area (TPSA) is 0 Å². The molecular weight excluding hydrogens is 551 g/mol. The summed E-state index contributed by atoms with van der Waals surface area (Å²) in [5, 5.41) is 0. The largest absolute Gasteiger partial charge is 1.00 e. The number of rotatable bonds is 3. The Morgan fingerprint density at radius 1 is 0.735 bits per heavy atom. The van der Waals surface area contributed by atoms with Gasteiger partial charge in [-0.1, -0.05) is 0 Å². The molecule has 0 fully saturated rings. The van der Waals surface area contributed by atoms with Gasteiger partial charge in [0.1, 0.15) is 0 Å². The van der Waals surface area contributed by atoms with E-state index in [4.69, 9.17) is 0 Å². The molecule has 4 rings (SSSR count). The minimum absolute atomic E-state index is 0. The van der Waals surface area contributed by atoms with E-state index in [0.29, 0.717) is 9.54 Å². The summed E-state index contributed by atoms with van der Waals surface area (Å²) in [5.41, 5.74) is 16.7. The molecule has 0 N–H and O–H groups in total. The van der Waals surface area contributed by atoms with Crippen LogP contribution in [0.3, 0.4) is 0 Å². The quantitative estimate of drug-likeness (QED) is 0.484. The number of halogens is 2. The summed E-state index contributed by atoms with van der Waals surface area (Å²) < 4.78 is 2.58. The molecule has 2 atom stereocenters. The fraction of sp³-hybridized carbons (Fsp3) is 0.400. The van der Waals surface area contributed by atoms with Crippen molar-refractivity contribution in [2.24, 2.45) is 5.92 Å². The summed E-state index contributed by atoms with van der Waals surface area (Å²) in [6.45, 7) is 24.3. The molecule has 0 saturated heterocycles. The molecule has 2 aliphatic rings. The first-order valence-electron chi connectivity index (χ1n) is 12.0. The van der Waals surface area contributed by atoms with Crippen molar-refractivity contribution in [1.82, 2.24) is 0 Å². The van der Waals surface area contributed by atoms with Crippen LogP contribution in [0.5, 0.6) is 0 Å². The normalized spacial score (nSPS) is 18.7. The van der Waals surface area contributed by atoms with E-state index in [1.807, 2.05) is 3.28 Å². The summed E-state index contributed by atoms with van der Waals surface area (Å²) in [6, 6.07) is 11.2. The van der Waals surface area contributed by atoms with Gasteiger partial charge in [-0.05, 0) is 0 Å². The minimum atomic E-state index is -1.99. The molecule has 0 nitrogen and oxygen atoms in total. The van der Waals surface area contributed by atoms with E-state index in [-0.39, 0.29) is 30.2 Å². The number of hydrogen-bond acceptors (Lipinski definition) is 0. The molecule has 0 bridgehead atoms. The third kappa shape index (κ3) is 4.58. The van der Waals surface area contributed by atoms with Crippen molar-refractivity contribution in [2.75, 3.05) is 0 Å². The minimum Gasteiger partial charge on any atom is -1.00 e. The van der Waals surface area contributed by atoms with Crippen LogP contribution in [-0.4, -0.2) is 5.43 Å². The number of benzene rings is 2. The zero-order chi connectivity index (χ0) is 23.5. The first-order valence-corrected chi connectivity index (χ1v) is 20.8. The van der Waals surface area contributed by atoms with Crippen LogP contribution in [0.4, 0.5) is 0 Å². The second-order valence-electron chi connectivity index (χ2n) is 10.2. The fourth-order valence-corrected chi connectivity index (χ4v) is 25.9. The molecule has 0 saturated carbocycles. The van der Waals surface area contributed by atoms with Crippen molar-refractivity contribution >= 4 is 11.0 Å². The van der Waals surface area contributed by atoms with Crippen molar-refractivity contribution < 1.29 is 45.2 Å². The van der Waals surface area contributed by atoms with Crippen LogP contribution in [-0.2, 0) is 20.4 Å². The first kappa shape index (κ1) is 29.6. The molecule has 0 radical (unpaired) electrons. The van der Waals surface area contributed by atoms with Gasteiger partial charge >= 0.3 is 205 Å². The standard InChI is InChI=1S/C19H19.C9H13.C2H6Si.2ClH.Zr/c1-12-13(2)15(4)19-17(14(12)3)10-11-18(19)16-8-6-5-7-9-16;1-6-5-7(2)9(4)8(6)3;1-3-2;;;/h5-11H,1-4H3;6H,1-4H3;1-2H3;2*1H;/q;;;;;+2/p-2. The van der Waals surface area contributed by atoms with Crippen LogP contribution in [0.1, 0.15) is 70.3 Å². The third-order valence-electron chi connectivity index (χ3n) is 8.51. The molecule has 2 unspecified atom stereocenters. The van der Waals surface area contributed by atoms with Gasteiger partial charge in [0.05, 0.1) is 0 Å². The second-order valence-corrected chi connectivity index (χ2v) is 27.6. The molecule has 180 valence electrons. The summed E-state index contributed by atoms with van der Waals surface area (Å²) in [4.78, 5) is 0. The third-order valence-corrected chi connectivity index (χ3v) is 27.0. The van der Waals surface area contributed by atoms with Crippen molar-refractivity contribution in [2.45, 2.75) is 72.1 Å². The summed E-state index contributed by atoms with van der Waals surface area (Å²) >= 11 is -1.99. The predicted molar refractivity (Wildman–Crippen MR) is 139 cm³/mol. The van der Waals surface area contributed by atoms with Gasteiger partial charge in [0.15, 0.2) is 0 Å². The van der Waals surface area contributed by atoms with E-state index < -0.39 is 20.4 Å². The van der Waals surface area contributed by atoms with Crippen LogP contribution >= 0.6 is 0 Å². The van der Waals surface area contributed by atoms with Gasteiger partial charge in [-0.3, -0.25) is 0 Å². The molecular formula is C30H38Cl2SiZr. The van der Waals surface area contributed by atoms with Crippen LogP contribution in [0, 0.1) is 33.6 Å². The maximum atomic E-state index is 2.74. The Hall–Kier alpha value is -0.660. The molecule has 2 aliphatic carbocycles. The average molecular weight is 589 g/mol. The Labute approximate surface area is 228 Å². The smallest absolute Gasteiger partial charge is 1.00 e. The molecule has 4 heteroatoms. The Kier molecular flexibility index (Phi) is 9.71. The van der Waals surface area contributed by atoms with Crippen molar-refractivity contribution in [3.63, 3.8) is 0 Å². The SMILES string of the molecule is CC1=C(C)C(C)[C]([Zr+2]([CH]2C=C(c3ccccc3)c3c(C)c(C)c(C)c(C)c32)=[Si](C)C)=C1C.[Cl-].[Cl-]. The second kappa shape index (κ2) is 11.2. The molecule has 0 heterocycles. The van der Waals surface area contributed by atoms with E-state index in [1.54, 1.807) is 33.4 Å². The van der Waals surface area contributed by atoms with E-state index in [9.17, 15) is 0 Å². The summed E-state index contributed by atoms with van der Waals surface area (Å²) in [6.07, 6.45) is 2.74. The molecule has 0 amide bonds. The van der Waals surface area contributed by atoms with Crippen LogP contribution in [0.15, 0.2) is 56.4 Å². The van der Waals surface area contributed by atoms with Crippen LogP contribution in [0.2, 0.25) is 13.1 Å². The van der Waals surface area contributed by atoms with Crippen molar-refractivity contribution in [1.29, 1.82) is 0 Å². The average Bonchev–Trinajstić information content (AvgIpc) is 3.25. The van der Waals surface area contributed by atoms with Gasteiger partial charge in [-0.15, -0.1) is 0 Å². The van der Waals surface area contributed by atoms with Gasteiger partial charge in [-0.25, -0.2) is 0 Å². The molecule has 34 heavy (non-hydrogen) atoms. The Balaban J connectivity index is 0.00000204. The Morgan fingerprint density at radius 3 is 1.79 bits per heavy atom. The first-order chi connectivity index (χ1) is 15.1. The molecule has 0 spiro atoms. The van der Waals surface area contributed by atoms with Crippen molar-refractivity contribution in [3.05, 3.63) is 95.4 Å². The maximum Gasteiger partial charge on any atom is -1.00 e.